The number of benzene rings is 1. The Balaban J connectivity index is 1.43. The summed E-state index contributed by atoms with van der Waals surface area (Å²) in [6, 6.07) is 7.51. The highest BCUT2D eigenvalue weighted by Gasteiger charge is 2.34. The molecule has 2 aromatic rings. The molecule has 3 heterocycles. The third-order valence-corrected chi connectivity index (χ3v) is 8.41. The van der Waals surface area contributed by atoms with E-state index in [1.807, 2.05) is 38.2 Å². The third-order valence-electron chi connectivity index (χ3n) is 6.37. The minimum atomic E-state index is -3.51. The molecule has 1 aromatic carbocycles. The number of piperazine rings is 2. The summed E-state index contributed by atoms with van der Waals surface area (Å²) in [4.78, 5) is 29.7. The fraction of sp³-hybridized carbons (Fsp3) is 0.619. The molecule has 0 radical (unpaired) electrons. The van der Waals surface area contributed by atoms with Crippen LogP contribution in [0.5, 0.6) is 0 Å². The molecule has 1 amide bonds. The maximum atomic E-state index is 13.0. The molecule has 2 aliphatic heterocycles. The number of fused-ring (bicyclic) bond motifs is 1. The molecule has 11 heteroatoms. The zero-order valence-corrected chi connectivity index (χ0v) is 19.6. The molecule has 1 aromatic heterocycles. The van der Waals surface area contributed by atoms with Crippen molar-refractivity contribution in [1.29, 1.82) is 0 Å². The summed E-state index contributed by atoms with van der Waals surface area (Å²) in [5, 5.41) is 0. The predicted molar refractivity (Wildman–Crippen MR) is 123 cm³/mol. The number of likely N-dealkylation sites (N-methyl/N-ethyl adjacent to an activating group) is 1. The van der Waals surface area contributed by atoms with Gasteiger partial charge in [-0.3, -0.25) is 13.9 Å². The zero-order chi connectivity index (χ0) is 22.9. The number of imidazole rings is 1. The van der Waals surface area contributed by atoms with E-state index >= 15 is 0 Å². The van der Waals surface area contributed by atoms with Crippen molar-refractivity contribution in [3.8, 4) is 0 Å². The van der Waals surface area contributed by atoms with Gasteiger partial charge < -0.3 is 9.80 Å². The summed E-state index contributed by atoms with van der Waals surface area (Å²) < 4.78 is 32.2. The first-order valence-electron chi connectivity index (χ1n) is 11.2. The molecule has 176 valence electrons. The minimum absolute atomic E-state index is 0.0404. The topological polar surface area (TPSA) is 91.1 Å². The molecule has 2 saturated heterocycles. The van der Waals surface area contributed by atoms with Gasteiger partial charge in [-0.15, -0.1) is 0 Å². The summed E-state index contributed by atoms with van der Waals surface area (Å²) in [6.45, 7) is 6.19. The monoisotopic (exact) mass is 464 g/mol. The Kier molecular flexibility index (Phi) is 6.70. The Morgan fingerprint density at radius 1 is 0.875 bits per heavy atom. The van der Waals surface area contributed by atoms with Crippen LogP contribution >= 0.6 is 0 Å². The fourth-order valence-electron chi connectivity index (χ4n) is 4.45. The first-order valence-corrected chi connectivity index (χ1v) is 12.6. The Labute approximate surface area is 188 Å². The van der Waals surface area contributed by atoms with Crippen molar-refractivity contribution in [1.82, 2.24) is 27.5 Å². The number of aromatic nitrogens is 2. The molecule has 2 fully saturated rings. The van der Waals surface area contributed by atoms with Crippen LogP contribution in [0.1, 0.15) is 13.3 Å². The Morgan fingerprint density at radius 2 is 1.41 bits per heavy atom. The zero-order valence-electron chi connectivity index (χ0n) is 18.8. The SMILES string of the molecule is CCCn1c(=O)n(CC(=O)N2CCN(S(=O)(=O)N3CCN(C)CC3)CC2)c2ccccc21. The number of para-hydroxylation sites is 2. The predicted octanol–water partition coefficient (Wildman–Crippen LogP) is -0.151. The molecule has 4 rings (SSSR count). The van der Waals surface area contributed by atoms with Gasteiger partial charge in [0.25, 0.3) is 10.2 Å². The van der Waals surface area contributed by atoms with E-state index < -0.39 is 10.2 Å². The molecule has 0 aliphatic carbocycles. The summed E-state index contributed by atoms with van der Waals surface area (Å²) >= 11 is 0. The molecule has 0 atom stereocenters. The second-order valence-corrected chi connectivity index (χ2v) is 10.4. The number of amides is 1. The number of hydrogen-bond donors (Lipinski definition) is 0. The van der Waals surface area contributed by atoms with Crippen LogP contribution in [0.25, 0.3) is 11.0 Å². The van der Waals surface area contributed by atoms with E-state index in [0.717, 1.165) is 30.5 Å². The van der Waals surface area contributed by atoms with Crippen LogP contribution in [0, 0.1) is 0 Å². The molecule has 0 bridgehead atoms. The highest BCUT2D eigenvalue weighted by atomic mass is 32.2. The van der Waals surface area contributed by atoms with Crippen LogP contribution in [0.15, 0.2) is 29.1 Å². The lowest BCUT2D eigenvalue weighted by atomic mass is 10.3. The Morgan fingerprint density at radius 3 is 1.97 bits per heavy atom. The van der Waals surface area contributed by atoms with Crippen LogP contribution < -0.4 is 5.69 Å². The number of carbonyl (C=O) groups is 1. The standard InChI is InChI=1S/C21H32N6O4S/c1-3-8-26-18-6-4-5-7-19(18)27(21(26)29)17-20(28)23-11-15-25(16-12-23)32(30,31)24-13-9-22(2)10-14-24/h4-7H,3,8-17H2,1-2H3. The molecule has 2 aliphatic rings. The van der Waals surface area contributed by atoms with Gasteiger partial charge in [0.1, 0.15) is 6.54 Å². The van der Waals surface area contributed by atoms with Crippen molar-refractivity contribution < 1.29 is 13.2 Å². The number of hydrogen-bond acceptors (Lipinski definition) is 5. The number of aryl methyl sites for hydroxylation is 1. The van der Waals surface area contributed by atoms with Crippen molar-refractivity contribution in [2.45, 2.75) is 26.4 Å². The van der Waals surface area contributed by atoms with Crippen LogP contribution in [0.3, 0.4) is 0 Å². The minimum Gasteiger partial charge on any atom is -0.338 e. The second kappa shape index (κ2) is 9.34. The van der Waals surface area contributed by atoms with E-state index in [9.17, 15) is 18.0 Å². The van der Waals surface area contributed by atoms with Crippen LogP contribution in [-0.4, -0.2) is 101 Å². The highest BCUT2D eigenvalue weighted by Crippen LogP contribution is 2.16. The summed E-state index contributed by atoms with van der Waals surface area (Å²) in [6.07, 6.45) is 0.825. The quantitative estimate of drug-likeness (QED) is 0.593. The first kappa shape index (κ1) is 23.0. The second-order valence-electron chi connectivity index (χ2n) is 8.50. The Bertz CT molecular complexity index is 1120. The van der Waals surface area contributed by atoms with Gasteiger partial charge in [-0.25, -0.2) is 4.79 Å². The van der Waals surface area contributed by atoms with E-state index in [-0.39, 0.29) is 31.2 Å². The Hall–Kier alpha value is -2.21. The van der Waals surface area contributed by atoms with Gasteiger partial charge in [-0.1, -0.05) is 19.1 Å². The fourth-order valence-corrected chi connectivity index (χ4v) is 6.03. The third kappa shape index (κ3) is 4.34. The average molecular weight is 465 g/mol. The molecular weight excluding hydrogens is 432 g/mol. The molecule has 10 nitrogen and oxygen atoms in total. The van der Waals surface area contributed by atoms with Gasteiger partial charge in [0.15, 0.2) is 0 Å². The average Bonchev–Trinajstić information content (AvgIpc) is 3.06. The molecule has 0 saturated carbocycles. The van der Waals surface area contributed by atoms with E-state index in [1.165, 1.54) is 13.2 Å². The normalized spacial score (nSPS) is 19.6. The van der Waals surface area contributed by atoms with E-state index in [4.69, 9.17) is 0 Å². The van der Waals surface area contributed by atoms with E-state index in [2.05, 4.69) is 4.90 Å². The summed E-state index contributed by atoms with van der Waals surface area (Å²) in [7, 11) is -1.53. The van der Waals surface area contributed by atoms with Gasteiger partial charge in [0.05, 0.1) is 11.0 Å². The molecule has 0 N–H and O–H groups in total. The lowest BCUT2D eigenvalue weighted by Crippen LogP contribution is -2.57. The van der Waals surface area contributed by atoms with Crippen LogP contribution in [0.2, 0.25) is 0 Å². The smallest absolute Gasteiger partial charge is 0.329 e. The van der Waals surface area contributed by atoms with Gasteiger partial charge in [0.2, 0.25) is 5.91 Å². The van der Waals surface area contributed by atoms with Gasteiger partial charge in [-0.2, -0.15) is 17.0 Å². The molecule has 32 heavy (non-hydrogen) atoms. The van der Waals surface area contributed by atoms with E-state index in [1.54, 1.807) is 9.47 Å². The molecular formula is C21H32N6O4S. The van der Waals surface area contributed by atoms with Crippen molar-refractivity contribution >= 4 is 27.1 Å². The lowest BCUT2D eigenvalue weighted by Gasteiger charge is -2.39. The van der Waals surface area contributed by atoms with Crippen molar-refractivity contribution in [3.63, 3.8) is 0 Å². The van der Waals surface area contributed by atoms with Crippen molar-refractivity contribution in [2.75, 3.05) is 59.4 Å². The van der Waals surface area contributed by atoms with E-state index in [0.29, 0.717) is 32.7 Å². The van der Waals surface area contributed by atoms with Crippen LogP contribution in [-0.2, 0) is 28.1 Å². The maximum absolute atomic E-state index is 13.0. The van der Waals surface area contributed by atoms with Gasteiger partial charge in [0, 0.05) is 58.9 Å². The summed E-state index contributed by atoms with van der Waals surface area (Å²) in [5.74, 6) is -0.164. The molecule has 0 unspecified atom stereocenters. The number of rotatable bonds is 6. The van der Waals surface area contributed by atoms with Crippen LogP contribution in [0.4, 0.5) is 0 Å². The first-order chi connectivity index (χ1) is 15.3. The van der Waals surface area contributed by atoms with Crippen molar-refractivity contribution in [3.05, 3.63) is 34.7 Å². The highest BCUT2D eigenvalue weighted by molar-refractivity contribution is 7.86. The molecule has 0 spiro atoms. The number of carbonyl (C=O) groups excluding carboxylic acids is 1. The van der Waals surface area contributed by atoms with Gasteiger partial charge in [-0.05, 0) is 25.6 Å². The lowest BCUT2D eigenvalue weighted by molar-refractivity contribution is -0.133. The summed E-state index contributed by atoms with van der Waals surface area (Å²) in [5.41, 5.74) is 1.39. The number of nitrogens with zero attached hydrogens (tertiary/aromatic N) is 6. The van der Waals surface area contributed by atoms with Crippen molar-refractivity contribution in [2.24, 2.45) is 0 Å². The maximum Gasteiger partial charge on any atom is 0.329 e. The largest absolute Gasteiger partial charge is 0.338 e. The van der Waals surface area contributed by atoms with Gasteiger partial charge >= 0.3 is 5.69 Å².